The second-order valence-corrected chi connectivity index (χ2v) is 6.95. The molecule has 2 aromatic carbocycles. The quantitative estimate of drug-likeness (QED) is 0.694. The fourth-order valence-electron chi connectivity index (χ4n) is 3.05. The predicted octanol–water partition coefficient (Wildman–Crippen LogP) is 4.55. The molecule has 0 radical (unpaired) electrons. The third-order valence-corrected chi connectivity index (χ3v) is 4.65. The molecule has 0 aliphatic heterocycles. The van der Waals surface area contributed by atoms with Gasteiger partial charge in [0.15, 0.2) is 0 Å². The van der Waals surface area contributed by atoms with Crippen molar-refractivity contribution < 1.29 is 4.79 Å². The third kappa shape index (κ3) is 4.52. The Kier molecular flexibility index (Phi) is 5.74. The Labute approximate surface area is 158 Å². The number of amides is 1. The fraction of sp³-hybridized carbons (Fsp3) is 0.238. The number of hydrogen-bond acceptors (Lipinski definition) is 2. The van der Waals surface area contributed by atoms with E-state index in [4.69, 9.17) is 11.6 Å². The highest BCUT2D eigenvalue weighted by atomic mass is 35.5. The van der Waals surface area contributed by atoms with Crippen LogP contribution in [0.4, 0.5) is 0 Å². The topological polar surface area (TPSA) is 49.0 Å². The van der Waals surface area contributed by atoms with Crippen LogP contribution in [0.15, 0.2) is 60.7 Å². The lowest BCUT2D eigenvalue weighted by atomic mass is 9.88. The number of carbonyl (C=O) groups excluding carboxylic acids is 1. The van der Waals surface area contributed by atoms with Crippen molar-refractivity contribution in [1.82, 2.24) is 15.1 Å². The van der Waals surface area contributed by atoms with Gasteiger partial charge in [0.2, 0.25) is 5.91 Å². The highest BCUT2D eigenvalue weighted by Gasteiger charge is 2.21. The number of aromatic amines is 1. The first-order valence-electron chi connectivity index (χ1n) is 8.58. The number of carbonyl (C=O) groups is 1. The minimum atomic E-state index is -0.0363. The Hall–Kier alpha value is -2.59. The first-order chi connectivity index (χ1) is 12.5. The van der Waals surface area contributed by atoms with Gasteiger partial charge in [0.1, 0.15) is 0 Å². The predicted molar refractivity (Wildman–Crippen MR) is 104 cm³/mol. The summed E-state index contributed by atoms with van der Waals surface area (Å²) in [6, 6.07) is 19.8. The van der Waals surface area contributed by atoms with E-state index < -0.39 is 0 Å². The van der Waals surface area contributed by atoms with Gasteiger partial charge in [0.05, 0.1) is 12.2 Å². The molecule has 26 heavy (non-hydrogen) atoms. The average Bonchev–Trinajstić information content (AvgIpc) is 3.05. The number of aryl methyl sites for hydroxylation is 1. The summed E-state index contributed by atoms with van der Waals surface area (Å²) in [5, 5.41) is 7.79. The van der Waals surface area contributed by atoms with Gasteiger partial charge in [-0.3, -0.25) is 9.89 Å². The van der Waals surface area contributed by atoms with E-state index in [-0.39, 0.29) is 11.8 Å². The molecule has 4 nitrogen and oxygen atoms in total. The Balaban J connectivity index is 1.80. The van der Waals surface area contributed by atoms with Gasteiger partial charge in [-0.25, -0.2) is 0 Å². The van der Waals surface area contributed by atoms with Crippen molar-refractivity contribution >= 4 is 17.5 Å². The first-order valence-corrected chi connectivity index (χ1v) is 8.96. The molecular formula is C21H22ClN3O. The molecule has 0 spiro atoms. The molecule has 1 aromatic heterocycles. The molecule has 1 atom stereocenters. The van der Waals surface area contributed by atoms with Crippen molar-refractivity contribution in [3.8, 4) is 0 Å². The smallest absolute Gasteiger partial charge is 0.223 e. The summed E-state index contributed by atoms with van der Waals surface area (Å²) >= 11 is 6.18. The van der Waals surface area contributed by atoms with Gasteiger partial charge >= 0.3 is 0 Å². The number of H-pyrrole nitrogens is 1. The van der Waals surface area contributed by atoms with Crippen LogP contribution in [0.1, 0.15) is 34.9 Å². The number of nitrogens with one attached hydrogen (secondary N) is 1. The van der Waals surface area contributed by atoms with Crippen LogP contribution < -0.4 is 0 Å². The van der Waals surface area contributed by atoms with Crippen molar-refractivity contribution in [2.24, 2.45) is 0 Å². The van der Waals surface area contributed by atoms with Gasteiger partial charge in [0, 0.05) is 30.1 Å². The highest BCUT2D eigenvalue weighted by molar-refractivity contribution is 6.30. The van der Waals surface area contributed by atoms with Crippen LogP contribution in [-0.4, -0.2) is 28.1 Å². The van der Waals surface area contributed by atoms with E-state index in [1.165, 1.54) is 0 Å². The number of nitrogens with zero attached hydrogens (tertiary/aromatic N) is 2. The van der Waals surface area contributed by atoms with Crippen molar-refractivity contribution in [2.45, 2.75) is 25.8 Å². The van der Waals surface area contributed by atoms with Gasteiger partial charge in [-0.2, -0.15) is 5.10 Å². The molecule has 1 N–H and O–H groups in total. The first kappa shape index (κ1) is 18.2. The summed E-state index contributed by atoms with van der Waals surface area (Å²) in [5.74, 6) is 0.0326. The monoisotopic (exact) mass is 367 g/mol. The molecule has 0 saturated heterocycles. The highest BCUT2D eigenvalue weighted by Crippen LogP contribution is 2.30. The maximum absolute atomic E-state index is 12.9. The molecule has 134 valence electrons. The lowest BCUT2D eigenvalue weighted by Crippen LogP contribution is -2.28. The summed E-state index contributed by atoms with van der Waals surface area (Å²) in [6.07, 6.45) is 0.379. The summed E-state index contributed by atoms with van der Waals surface area (Å²) in [5.41, 5.74) is 3.99. The van der Waals surface area contributed by atoms with Gasteiger partial charge in [-0.1, -0.05) is 54.1 Å². The maximum Gasteiger partial charge on any atom is 0.223 e. The van der Waals surface area contributed by atoms with Crippen LogP contribution >= 0.6 is 11.6 Å². The zero-order valence-electron chi connectivity index (χ0n) is 14.9. The van der Waals surface area contributed by atoms with Crippen LogP contribution in [0.5, 0.6) is 0 Å². The van der Waals surface area contributed by atoms with Crippen LogP contribution in [0.2, 0.25) is 5.02 Å². The Bertz CT molecular complexity index is 876. The second-order valence-electron chi connectivity index (χ2n) is 6.51. The third-order valence-electron chi connectivity index (χ3n) is 4.42. The number of benzene rings is 2. The molecule has 0 fully saturated rings. The lowest BCUT2D eigenvalue weighted by molar-refractivity contribution is -0.130. The zero-order valence-corrected chi connectivity index (χ0v) is 15.7. The number of halogens is 1. The van der Waals surface area contributed by atoms with Crippen molar-refractivity contribution in [3.05, 3.63) is 88.2 Å². The second kappa shape index (κ2) is 8.19. The van der Waals surface area contributed by atoms with Crippen molar-refractivity contribution in [2.75, 3.05) is 7.05 Å². The molecule has 1 amide bonds. The van der Waals surface area contributed by atoms with Gasteiger partial charge < -0.3 is 4.90 Å². The van der Waals surface area contributed by atoms with Crippen molar-refractivity contribution in [1.29, 1.82) is 0 Å². The van der Waals surface area contributed by atoms with E-state index in [1.807, 2.05) is 62.5 Å². The van der Waals surface area contributed by atoms with E-state index in [9.17, 15) is 4.79 Å². The molecule has 0 aliphatic carbocycles. The molecule has 0 bridgehead atoms. The summed E-state index contributed by atoms with van der Waals surface area (Å²) in [6.45, 7) is 2.43. The van der Waals surface area contributed by atoms with Crippen LogP contribution in [0.3, 0.4) is 0 Å². The lowest BCUT2D eigenvalue weighted by Gasteiger charge is -2.22. The minimum Gasteiger partial charge on any atom is -0.340 e. The molecular weight excluding hydrogens is 346 g/mol. The van der Waals surface area contributed by atoms with Gasteiger partial charge in [-0.15, -0.1) is 0 Å². The number of aromatic nitrogens is 2. The summed E-state index contributed by atoms with van der Waals surface area (Å²) in [7, 11) is 1.81. The number of rotatable bonds is 6. The van der Waals surface area contributed by atoms with Crippen LogP contribution in [0.25, 0.3) is 0 Å². The Morgan fingerprint density at radius 2 is 1.85 bits per heavy atom. The molecule has 5 heteroatoms. The molecule has 0 saturated carbocycles. The van der Waals surface area contributed by atoms with E-state index >= 15 is 0 Å². The van der Waals surface area contributed by atoms with Crippen LogP contribution in [0, 0.1) is 6.92 Å². The molecule has 0 aliphatic rings. The van der Waals surface area contributed by atoms with E-state index in [2.05, 4.69) is 22.3 Å². The molecule has 3 aromatic rings. The van der Waals surface area contributed by atoms with E-state index in [0.29, 0.717) is 18.0 Å². The van der Waals surface area contributed by atoms with E-state index in [1.54, 1.807) is 4.90 Å². The standard InChI is InChI=1S/C21H22ClN3O/c1-15-11-19(24-23-15)14-25(2)21(26)13-20(16-7-4-3-5-8-16)17-9-6-10-18(22)12-17/h3-12,20H,13-14H2,1-2H3,(H,23,24)/t20-/m0/s1. The number of hydrogen-bond donors (Lipinski definition) is 1. The van der Waals surface area contributed by atoms with E-state index in [0.717, 1.165) is 22.5 Å². The molecule has 0 unspecified atom stereocenters. The molecule has 1 heterocycles. The Morgan fingerprint density at radius 3 is 2.50 bits per heavy atom. The van der Waals surface area contributed by atoms with Gasteiger partial charge in [-0.05, 0) is 36.2 Å². The van der Waals surface area contributed by atoms with Crippen LogP contribution in [-0.2, 0) is 11.3 Å². The van der Waals surface area contributed by atoms with Gasteiger partial charge in [0.25, 0.3) is 0 Å². The summed E-state index contributed by atoms with van der Waals surface area (Å²) in [4.78, 5) is 14.6. The minimum absolute atomic E-state index is 0.0363. The fourth-order valence-corrected chi connectivity index (χ4v) is 3.25. The molecule has 3 rings (SSSR count). The summed E-state index contributed by atoms with van der Waals surface area (Å²) < 4.78 is 0. The Morgan fingerprint density at radius 1 is 1.12 bits per heavy atom. The average molecular weight is 368 g/mol. The SMILES string of the molecule is Cc1cc(CN(C)C(=O)C[C@@H](c2ccccc2)c2cccc(Cl)c2)n[nH]1. The van der Waals surface area contributed by atoms with Crippen molar-refractivity contribution in [3.63, 3.8) is 0 Å². The largest absolute Gasteiger partial charge is 0.340 e. The maximum atomic E-state index is 12.9. The normalized spacial score (nSPS) is 12.0. The zero-order chi connectivity index (χ0) is 18.5.